The van der Waals surface area contributed by atoms with Crippen molar-refractivity contribution in [2.24, 2.45) is 5.92 Å². The summed E-state index contributed by atoms with van der Waals surface area (Å²) < 4.78 is 5.28. The van der Waals surface area contributed by atoms with Gasteiger partial charge in [-0.2, -0.15) is 0 Å². The molecule has 6 heteroatoms. The second kappa shape index (κ2) is 8.95. The molecular weight excluding hydrogens is 352 g/mol. The summed E-state index contributed by atoms with van der Waals surface area (Å²) in [6, 6.07) is 5.90. The minimum atomic E-state index is 0.348. The minimum Gasteiger partial charge on any atom is -0.497 e. The van der Waals surface area contributed by atoms with E-state index in [1.165, 1.54) is 32.1 Å². The lowest BCUT2D eigenvalue weighted by molar-refractivity contribution is -0.133. The number of carbonyl (C=O) groups is 1. The van der Waals surface area contributed by atoms with Crippen LogP contribution in [0.15, 0.2) is 18.2 Å². The Labute approximate surface area is 167 Å². The Morgan fingerprint density at radius 1 is 1.18 bits per heavy atom. The number of amides is 1. The summed E-state index contributed by atoms with van der Waals surface area (Å²) >= 11 is 0. The highest BCUT2D eigenvalue weighted by molar-refractivity contribution is 5.77. The molecule has 28 heavy (non-hydrogen) atoms. The van der Waals surface area contributed by atoms with Gasteiger partial charge < -0.3 is 14.6 Å². The number of ether oxygens (including phenoxy) is 1. The number of hydrogen-bond acceptors (Lipinski definition) is 4. The number of benzene rings is 1. The molecule has 1 aromatic heterocycles. The van der Waals surface area contributed by atoms with Gasteiger partial charge in [0.05, 0.1) is 24.7 Å². The third-order valence-corrected chi connectivity index (χ3v) is 6.33. The van der Waals surface area contributed by atoms with E-state index in [1.54, 1.807) is 7.11 Å². The zero-order chi connectivity index (χ0) is 19.3. The fourth-order valence-electron chi connectivity index (χ4n) is 4.57. The SMILES string of the molecule is COc1ccc2nc(CN3CCN(C(=O)CCC4CCCCC4)CC3)[nH]c2c1. The Morgan fingerprint density at radius 2 is 1.96 bits per heavy atom. The lowest BCUT2D eigenvalue weighted by atomic mass is 9.86. The smallest absolute Gasteiger partial charge is 0.222 e. The molecule has 1 aliphatic heterocycles. The van der Waals surface area contributed by atoms with E-state index in [9.17, 15) is 4.79 Å². The molecule has 1 aromatic carbocycles. The number of piperazine rings is 1. The first-order valence-corrected chi connectivity index (χ1v) is 10.7. The molecule has 0 atom stereocenters. The first-order valence-electron chi connectivity index (χ1n) is 10.7. The predicted molar refractivity (Wildman–Crippen MR) is 110 cm³/mol. The molecule has 0 bridgehead atoms. The summed E-state index contributed by atoms with van der Waals surface area (Å²) in [4.78, 5) is 25.1. The number of nitrogens with zero attached hydrogens (tertiary/aromatic N) is 3. The number of H-pyrrole nitrogens is 1. The van der Waals surface area contributed by atoms with E-state index in [0.717, 1.165) is 74.1 Å². The Balaban J connectivity index is 1.24. The maximum Gasteiger partial charge on any atom is 0.222 e. The molecule has 1 amide bonds. The van der Waals surface area contributed by atoms with E-state index < -0.39 is 0 Å². The Morgan fingerprint density at radius 3 is 2.71 bits per heavy atom. The molecule has 1 saturated carbocycles. The number of hydrogen-bond donors (Lipinski definition) is 1. The maximum atomic E-state index is 12.6. The largest absolute Gasteiger partial charge is 0.497 e. The quantitative estimate of drug-likeness (QED) is 0.827. The second-order valence-electron chi connectivity index (χ2n) is 8.27. The maximum absolute atomic E-state index is 12.6. The number of aromatic nitrogens is 2. The summed E-state index contributed by atoms with van der Waals surface area (Å²) in [5.41, 5.74) is 1.97. The molecule has 1 N–H and O–H groups in total. The topological polar surface area (TPSA) is 61.5 Å². The second-order valence-corrected chi connectivity index (χ2v) is 8.27. The number of imidazole rings is 1. The number of aromatic amines is 1. The van der Waals surface area contributed by atoms with Crippen LogP contribution in [-0.4, -0.2) is 59.0 Å². The molecule has 4 rings (SSSR count). The van der Waals surface area contributed by atoms with Crippen molar-refractivity contribution in [1.29, 1.82) is 0 Å². The van der Waals surface area contributed by atoms with Crippen LogP contribution in [0, 0.1) is 5.92 Å². The molecule has 0 radical (unpaired) electrons. The van der Waals surface area contributed by atoms with Gasteiger partial charge in [-0.05, 0) is 24.5 Å². The molecule has 0 unspecified atom stereocenters. The lowest BCUT2D eigenvalue weighted by Gasteiger charge is -2.34. The zero-order valence-corrected chi connectivity index (χ0v) is 17.0. The highest BCUT2D eigenvalue weighted by Crippen LogP contribution is 2.27. The third-order valence-electron chi connectivity index (χ3n) is 6.33. The summed E-state index contributed by atoms with van der Waals surface area (Å²) in [6.07, 6.45) is 8.55. The van der Waals surface area contributed by atoms with Gasteiger partial charge in [-0.15, -0.1) is 0 Å². The first-order chi connectivity index (χ1) is 13.7. The summed E-state index contributed by atoms with van der Waals surface area (Å²) in [6.45, 7) is 4.28. The molecule has 2 fully saturated rings. The summed E-state index contributed by atoms with van der Waals surface area (Å²) in [5, 5.41) is 0. The fourth-order valence-corrected chi connectivity index (χ4v) is 4.57. The molecule has 2 aliphatic rings. The highest BCUT2D eigenvalue weighted by Gasteiger charge is 2.23. The van der Waals surface area contributed by atoms with Crippen LogP contribution >= 0.6 is 0 Å². The number of rotatable bonds is 6. The van der Waals surface area contributed by atoms with Crippen molar-refractivity contribution in [3.63, 3.8) is 0 Å². The standard InChI is InChI=1S/C22H32N4O2/c1-28-18-8-9-19-20(15-18)24-21(23-19)16-25-11-13-26(14-12-25)22(27)10-7-17-5-3-2-4-6-17/h8-9,15,17H,2-7,10-14,16H2,1H3,(H,23,24). The van der Waals surface area contributed by atoms with Gasteiger partial charge in [0.25, 0.3) is 0 Å². The van der Waals surface area contributed by atoms with Gasteiger partial charge >= 0.3 is 0 Å². The molecule has 6 nitrogen and oxygen atoms in total. The van der Waals surface area contributed by atoms with Gasteiger partial charge in [0.1, 0.15) is 11.6 Å². The van der Waals surface area contributed by atoms with Gasteiger partial charge in [0.2, 0.25) is 5.91 Å². The zero-order valence-electron chi connectivity index (χ0n) is 17.0. The Hall–Kier alpha value is -2.08. The van der Waals surface area contributed by atoms with Crippen molar-refractivity contribution < 1.29 is 9.53 Å². The van der Waals surface area contributed by atoms with Crippen LogP contribution < -0.4 is 4.74 Å². The van der Waals surface area contributed by atoms with Gasteiger partial charge in [-0.3, -0.25) is 9.69 Å². The Bertz CT molecular complexity index is 789. The molecular formula is C22H32N4O2. The average Bonchev–Trinajstić information content (AvgIpc) is 3.14. The van der Waals surface area contributed by atoms with Gasteiger partial charge in [0, 0.05) is 38.7 Å². The highest BCUT2D eigenvalue weighted by atomic mass is 16.5. The number of fused-ring (bicyclic) bond motifs is 1. The molecule has 2 heterocycles. The summed E-state index contributed by atoms with van der Waals surface area (Å²) in [7, 11) is 1.67. The van der Waals surface area contributed by atoms with Gasteiger partial charge in [0.15, 0.2) is 0 Å². The van der Waals surface area contributed by atoms with Crippen molar-refractivity contribution >= 4 is 16.9 Å². The van der Waals surface area contributed by atoms with Gasteiger partial charge in [-0.1, -0.05) is 32.1 Å². The number of nitrogens with one attached hydrogen (secondary N) is 1. The summed E-state index contributed by atoms with van der Waals surface area (Å²) in [5.74, 6) is 2.94. The van der Waals surface area contributed by atoms with Gasteiger partial charge in [-0.25, -0.2) is 4.98 Å². The van der Waals surface area contributed by atoms with Crippen molar-refractivity contribution in [2.45, 2.75) is 51.5 Å². The molecule has 1 saturated heterocycles. The van der Waals surface area contributed by atoms with E-state index in [2.05, 4.69) is 19.8 Å². The van der Waals surface area contributed by atoms with Crippen molar-refractivity contribution in [1.82, 2.24) is 19.8 Å². The van der Waals surface area contributed by atoms with E-state index in [-0.39, 0.29) is 0 Å². The minimum absolute atomic E-state index is 0.348. The van der Waals surface area contributed by atoms with Crippen LogP contribution in [0.4, 0.5) is 0 Å². The predicted octanol–water partition coefficient (Wildman–Crippen LogP) is 3.58. The van der Waals surface area contributed by atoms with Crippen LogP contribution in [0.2, 0.25) is 0 Å². The average molecular weight is 385 g/mol. The van der Waals surface area contributed by atoms with E-state index >= 15 is 0 Å². The van der Waals surface area contributed by atoms with Crippen LogP contribution in [0.25, 0.3) is 11.0 Å². The van der Waals surface area contributed by atoms with E-state index in [1.807, 2.05) is 18.2 Å². The van der Waals surface area contributed by atoms with Crippen molar-refractivity contribution in [3.05, 3.63) is 24.0 Å². The molecule has 0 spiro atoms. The van der Waals surface area contributed by atoms with Crippen LogP contribution in [-0.2, 0) is 11.3 Å². The van der Waals surface area contributed by atoms with Crippen molar-refractivity contribution in [2.75, 3.05) is 33.3 Å². The van der Waals surface area contributed by atoms with E-state index in [4.69, 9.17) is 4.74 Å². The lowest BCUT2D eigenvalue weighted by Crippen LogP contribution is -2.48. The van der Waals surface area contributed by atoms with Crippen molar-refractivity contribution in [3.8, 4) is 5.75 Å². The Kier molecular flexibility index (Phi) is 6.15. The molecule has 2 aromatic rings. The molecule has 152 valence electrons. The first kappa shape index (κ1) is 19.2. The van der Waals surface area contributed by atoms with Crippen LogP contribution in [0.5, 0.6) is 5.75 Å². The molecule has 1 aliphatic carbocycles. The normalized spacial score (nSPS) is 19.2. The third kappa shape index (κ3) is 4.66. The van der Waals surface area contributed by atoms with E-state index in [0.29, 0.717) is 5.91 Å². The number of methoxy groups -OCH3 is 1. The fraction of sp³-hybridized carbons (Fsp3) is 0.636. The number of carbonyl (C=O) groups excluding carboxylic acids is 1. The van der Waals surface area contributed by atoms with Crippen LogP contribution in [0.1, 0.15) is 50.8 Å². The van der Waals surface area contributed by atoms with Crippen LogP contribution in [0.3, 0.4) is 0 Å². The monoisotopic (exact) mass is 384 g/mol.